The van der Waals surface area contributed by atoms with Crippen molar-refractivity contribution in [2.75, 3.05) is 0 Å². The van der Waals surface area contributed by atoms with Gasteiger partial charge in [0.1, 0.15) is 5.82 Å². The van der Waals surface area contributed by atoms with Crippen LogP contribution in [-0.4, -0.2) is 25.2 Å². The number of pyridine rings is 1. The lowest BCUT2D eigenvalue weighted by Gasteiger charge is -2.15. The van der Waals surface area contributed by atoms with E-state index >= 15 is 0 Å². The van der Waals surface area contributed by atoms with Crippen molar-refractivity contribution in [2.45, 2.75) is 45.2 Å². The first-order valence-corrected chi connectivity index (χ1v) is 7.96. The van der Waals surface area contributed by atoms with E-state index in [1.54, 1.807) is 19.3 Å². The normalized spacial score (nSPS) is 15.6. The largest absolute Gasteiger partial charge is 0.342 e. The summed E-state index contributed by atoms with van der Waals surface area (Å²) in [7, 11) is 1.65. The Balaban J connectivity index is 1.77. The van der Waals surface area contributed by atoms with E-state index in [0.29, 0.717) is 5.56 Å². The Morgan fingerprint density at radius 3 is 2.91 bits per heavy atom. The monoisotopic (exact) mass is 315 g/mol. The maximum Gasteiger partial charge on any atom is 0.252 e. The third-order valence-corrected chi connectivity index (χ3v) is 4.24. The Bertz CT molecular complexity index is 777. The van der Waals surface area contributed by atoms with Crippen LogP contribution in [0.5, 0.6) is 0 Å². The molecule has 1 unspecified atom stereocenters. The van der Waals surface area contributed by atoms with Gasteiger partial charge < -0.3 is 14.5 Å². The minimum Gasteiger partial charge on any atom is -0.342 e. The molecule has 0 saturated heterocycles. The van der Waals surface area contributed by atoms with Crippen LogP contribution in [0.1, 0.15) is 54.2 Å². The summed E-state index contributed by atoms with van der Waals surface area (Å²) in [5, 5.41) is 11.4. The van der Waals surface area contributed by atoms with Gasteiger partial charge in [-0.3, -0.25) is 9.59 Å². The molecule has 1 atom stereocenters. The van der Waals surface area contributed by atoms with Crippen molar-refractivity contribution in [1.29, 1.82) is 0 Å². The SMILES string of the molecule is CC(NC(=O)c1ccn(C)c(=O)c1)c1nnc2n1CCCCC2. The molecule has 1 aliphatic rings. The van der Waals surface area contributed by atoms with Gasteiger partial charge in [-0.05, 0) is 25.8 Å². The van der Waals surface area contributed by atoms with Crippen molar-refractivity contribution in [1.82, 2.24) is 24.6 Å². The second-order valence-electron chi connectivity index (χ2n) is 6.00. The molecule has 1 N–H and O–H groups in total. The van der Waals surface area contributed by atoms with Crippen molar-refractivity contribution in [2.24, 2.45) is 7.05 Å². The zero-order valence-electron chi connectivity index (χ0n) is 13.5. The zero-order chi connectivity index (χ0) is 16.4. The number of rotatable bonds is 3. The van der Waals surface area contributed by atoms with E-state index in [0.717, 1.165) is 37.5 Å². The average Bonchev–Trinajstić information content (AvgIpc) is 2.79. The number of hydrogen-bond acceptors (Lipinski definition) is 4. The third kappa shape index (κ3) is 3.18. The van der Waals surface area contributed by atoms with Crippen molar-refractivity contribution in [3.63, 3.8) is 0 Å². The second-order valence-corrected chi connectivity index (χ2v) is 6.00. The first-order valence-electron chi connectivity index (χ1n) is 7.96. The first kappa shape index (κ1) is 15.5. The summed E-state index contributed by atoms with van der Waals surface area (Å²) in [6.07, 6.45) is 5.95. The fourth-order valence-electron chi connectivity index (χ4n) is 2.86. The van der Waals surface area contributed by atoms with Gasteiger partial charge in [-0.2, -0.15) is 0 Å². The van der Waals surface area contributed by atoms with E-state index in [2.05, 4.69) is 20.1 Å². The lowest BCUT2D eigenvalue weighted by atomic mass is 10.2. The first-order chi connectivity index (χ1) is 11.1. The summed E-state index contributed by atoms with van der Waals surface area (Å²) in [6, 6.07) is 2.71. The Hall–Kier alpha value is -2.44. The maximum atomic E-state index is 12.3. The molecule has 3 heterocycles. The molecule has 0 radical (unpaired) electrons. The van der Waals surface area contributed by atoms with Gasteiger partial charge in [-0.25, -0.2) is 0 Å². The third-order valence-electron chi connectivity index (χ3n) is 4.24. The van der Waals surface area contributed by atoms with E-state index in [-0.39, 0.29) is 17.5 Å². The minimum atomic E-state index is -0.277. The number of aromatic nitrogens is 4. The summed E-state index contributed by atoms with van der Waals surface area (Å²) in [5.74, 6) is 1.49. The Kier molecular flexibility index (Phi) is 4.27. The van der Waals surface area contributed by atoms with E-state index in [9.17, 15) is 9.59 Å². The van der Waals surface area contributed by atoms with Crippen LogP contribution >= 0.6 is 0 Å². The lowest BCUT2D eigenvalue weighted by Crippen LogP contribution is -2.30. The molecule has 7 heteroatoms. The van der Waals surface area contributed by atoms with Crippen LogP contribution in [-0.2, 0) is 20.0 Å². The number of aryl methyl sites for hydroxylation is 2. The van der Waals surface area contributed by atoms with Crippen molar-refractivity contribution in [3.8, 4) is 0 Å². The molecule has 0 fully saturated rings. The highest BCUT2D eigenvalue weighted by Crippen LogP contribution is 2.18. The summed E-state index contributed by atoms with van der Waals surface area (Å²) in [4.78, 5) is 24.0. The van der Waals surface area contributed by atoms with Gasteiger partial charge in [0.15, 0.2) is 5.82 Å². The number of fused-ring (bicyclic) bond motifs is 1. The quantitative estimate of drug-likeness (QED) is 0.922. The molecule has 1 aliphatic heterocycles. The van der Waals surface area contributed by atoms with Crippen LogP contribution in [0.4, 0.5) is 0 Å². The Morgan fingerprint density at radius 1 is 1.30 bits per heavy atom. The van der Waals surface area contributed by atoms with Crippen LogP contribution in [0.25, 0.3) is 0 Å². The molecular weight excluding hydrogens is 294 g/mol. The minimum absolute atomic E-state index is 0.207. The molecule has 0 aromatic carbocycles. The summed E-state index contributed by atoms with van der Waals surface area (Å²) < 4.78 is 3.54. The highest BCUT2D eigenvalue weighted by Gasteiger charge is 2.21. The van der Waals surface area contributed by atoms with Crippen LogP contribution in [0.3, 0.4) is 0 Å². The molecule has 23 heavy (non-hydrogen) atoms. The molecule has 3 rings (SSSR count). The van der Waals surface area contributed by atoms with Gasteiger partial charge in [-0.15, -0.1) is 10.2 Å². The molecule has 0 bridgehead atoms. The highest BCUT2D eigenvalue weighted by molar-refractivity contribution is 5.94. The molecular formula is C16H21N5O2. The van der Waals surface area contributed by atoms with Crippen LogP contribution in [0.15, 0.2) is 23.1 Å². The summed E-state index contributed by atoms with van der Waals surface area (Å²) in [5.41, 5.74) is 0.150. The van der Waals surface area contributed by atoms with E-state index in [1.807, 2.05) is 6.92 Å². The predicted molar refractivity (Wildman–Crippen MR) is 85.1 cm³/mol. The molecule has 1 amide bonds. The van der Waals surface area contributed by atoms with Gasteiger partial charge in [-0.1, -0.05) is 6.42 Å². The molecule has 0 spiro atoms. The fourth-order valence-corrected chi connectivity index (χ4v) is 2.86. The number of nitrogens with one attached hydrogen (secondary N) is 1. The summed E-state index contributed by atoms with van der Waals surface area (Å²) >= 11 is 0. The Labute approximate surface area is 134 Å². The Morgan fingerprint density at radius 2 is 2.13 bits per heavy atom. The highest BCUT2D eigenvalue weighted by atomic mass is 16.2. The number of carbonyl (C=O) groups excluding carboxylic acids is 1. The smallest absolute Gasteiger partial charge is 0.252 e. The predicted octanol–water partition coefficient (Wildman–Crippen LogP) is 1.19. The molecule has 0 aliphatic carbocycles. The van der Waals surface area contributed by atoms with Crippen molar-refractivity contribution >= 4 is 5.91 Å². The molecule has 2 aromatic heterocycles. The number of nitrogens with zero attached hydrogens (tertiary/aromatic N) is 4. The number of hydrogen-bond donors (Lipinski definition) is 1. The van der Waals surface area contributed by atoms with Gasteiger partial charge in [0, 0.05) is 37.8 Å². The second kappa shape index (κ2) is 6.36. The van der Waals surface area contributed by atoms with Gasteiger partial charge >= 0.3 is 0 Å². The van der Waals surface area contributed by atoms with Gasteiger partial charge in [0.05, 0.1) is 6.04 Å². The molecule has 122 valence electrons. The average molecular weight is 315 g/mol. The number of amides is 1. The maximum absolute atomic E-state index is 12.3. The van der Waals surface area contributed by atoms with E-state index in [4.69, 9.17) is 0 Å². The van der Waals surface area contributed by atoms with Gasteiger partial charge in [0.25, 0.3) is 11.5 Å². The molecule has 0 saturated carbocycles. The fraction of sp³-hybridized carbons (Fsp3) is 0.500. The van der Waals surface area contributed by atoms with Crippen LogP contribution in [0.2, 0.25) is 0 Å². The van der Waals surface area contributed by atoms with Gasteiger partial charge in [0.2, 0.25) is 0 Å². The van der Waals surface area contributed by atoms with E-state index in [1.165, 1.54) is 17.1 Å². The molecule has 2 aromatic rings. The zero-order valence-corrected chi connectivity index (χ0v) is 13.5. The van der Waals surface area contributed by atoms with Crippen LogP contribution in [0, 0.1) is 0 Å². The van der Waals surface area contributed by atoms with E-state index < -0.39 is 0 Å². The van der Waals surface area contributed by atoms with Crippen LogP contribution < -0.4 is 10.9 Å². The topological polar surface area (TPSA) is 81.8 Å². The number of carbonyl (C=O) groups is 1. The standard InChI is InChI=1S/C16H21N5O2/c1-11(15-19-18-13-6-4-3-5-8-21(13)15)17-16(23)12-7-9-20(2)14(22)10-12/h7,9-11H,3-6,8H2,1-2H3,(H,17,23). The molecule has 7 nitrogen and oxygen atoms in total. The summed E-state index contributed by atoms with van der Waals surface area (Å²) in [6.45, 7) is 2.78. The lowest BCUT2D eigenvalue weighted by molar-refractivity contribution is 0.0937. The van der Waals surface area contributed by atoms with Crippen molar-refractivity contribution < 1.29 is 4.79 Å². The van der Waals surface area contributed by atoms with Crippen molar-refractivity contribution in [3.05, 3.63) is 45.9 Å².